The van der Waals surface area contributed by atoms with E-state index in [4.69, 9.17) is 14.2 Å². The first kappa shape index (κ1) is 65.5. The van der Waals surface area contributed by atoms with E-state index in [9.17, 15) is 14.4 Å². The number of unbranched alkanes of at least 4 members (excludes halogenated alkanes) is 16. The molecule has 0 aromatic heterocycles. The van der Waals surface area contributed by atoms with Crippen LogP contribution < -0.4 is 0 Å². The molecule has 0 aliphatic heterocycles. The largest absolute Gasteiger partial charge is 0.462 e. The zero-order chi connectivity index (χ0) is 50.7. The molecule has 0 aromatic rings. The highest BCUT2D eigenvalue weighted by atomic mass is 16.6. The summed E-state index contributed by atoms with van der Waals surface area (Å²) in [7, 11) is 0. The first-order valence-electron chi connectivity index (χ1n) is 28.2. The molecule has 0 bridgehead atoms. The molecule has 0 amide bonds. The zero-order valence-corrected chi connectivity index (χ0v) is 45.0. The summed E-state index contributed by atoms with van der Waals surface area (Å²) in [5.74, 6) is -0.954. The summed E-state index contributed by atoms with van der Waals surface area (Å²) >= 11 is 0. The van der Waals surface area contributed by atoms with E-state index in [1.54, 1.807) is 0 Å². The third kappa shape index (κ3) is 54.5. The third-order valence-electron chi connectivity index (χ3n) is 11.4. The highest BCUT2D eigenvalue weighted by Crippen LogP contribution is 2.13. The topological polar surface area (TPSA) is 78.9 Å². The molecule has 0 saturated heterocycles. The molecule has 0 heterocycles. The monoisotopic (exact) mass is 967 g/mol. The van der Waals surface area contributed by atoms with Gasteiger partial charge in [0.1, 0.15) is 13.2 Å². The number of carbonyl (C=O) groups is 3. The summed E-state index contributed by atoms with van der Waals surface area (Å²) in [5, 5.41) is 0. The van der Waals surface area contributed by atoms with Gasteiger partial charge in [-0.1, -0.05) is 231 Å². The Morgan fingerprint density at radius 1 is 0.300 bits per heavy atom. The van der Waals surface area contributed by atoms with Crippen molar-refractivity contribution in [3.8, 4) is 0 Å². The fourth-order valence-corrected chi connectivity index (χ4v) is 7.24. The number of allylic oxidation sites excluding steroid dienone is 22. The van der Waals surface area contributed by atoms with E-state index in [0.29, 0.717) is 12.8 Å². The normalized spacial score (nSPS) is 13.1. The summed E-state index contributed by atoms with van der Waals surface area (Å²) in [6.45, 7) is 6.32. The quantitative estimate of drug-likeness (QED) is 0.0262. The molecule has 1 atom stereocenters. The van der Waals surface area contributed by atoms with Crippen molar-refractivity contribution in [2.45, 2.75) is 239 Å². The summed E-state index contributed by atoms with van der Waals surface area (Å²) < 4.78 is 16.7. The van der Waals surface area contributed by atoms with Gasteiger partial charge in [-0.15, -0.1) is 0 Å². The SMILES string of the molecule is CC/C=C\C/C=C\C/C=C\C/C=C\C/C=C\C/C=C\C/C=C\C/C=C\CCCCCCCCC(=O)OCC(COC(=O)CCCCCCCCCC)OC(=O)CCCCC/C=C\C/C=C\C/C=C\CC. The predicted octanol–water partition coefficient (Wildman–Crippen LogP) is 19.0. The first-order chi connectivity index (χ1) is 34.5. The number of hydrogen-bond acceptors (Lipinski definition) is 6. The number of hydrogen-bond donors (Lipinski definition) is 0. The van der Waals surface area contributed by atoms with Crippen LogP contribution in [0.2, 0.25) is 0 Å². The minimum Gasteiger partial charge on any atom is -0.462 e. The smallest absolute Gasteiger partial charge is 0.306 e. The standard InChI is InChI=1S/C64H102O6/c1-4-7-10-13-16-19-21-23-24-25-26-27-28-29-30-31-32-33-34-35-36-37-38-39-40-42-43-45-48-51-54-57-63(66)69-60-61(59-68-62(65)56-53-50-47-18-15-12-9-6-3)70-64(67)58-55-52-49-46-44-41-22-20-17-14-11-8-5-2/h7-8,10-11,16-17,19-20,23-24,26-27,29-30,32-33,35-36,38-39,41,44,61H,4-6,9,12-15,18,21-22,25,28,31,34,37,40,42-43,45-60H2,1-3H3/b10-7-,11-8-,19-16-,20-17-,24-23-,27-26-,30-29-,33-32-,36-35-,39-38-,44-41-. The van der Waals surface area contributed by atoms with Crippen LogP contribution in [0.15, 0.2) is 134 Å². The van der Waals surface area contributed by atoms with Crippen LogP contribution in [0, 0.1) is 0 Å². The van der Waals surface area contributed by atoms with Gasteiger partial charge in [-0.3, -0.25) is 14.4 Å². The first-order valence-corrected chi connectivity index (χ1v) is 28.2. The Morgan fingerprint density at radius 2 is 0.557 bits per heavy atom. The van der Waals surface area contributed by atoms with Gasteiger partial charge in [-0.05, 0) is 116 Å². The maximum Gasteiger partial charge on any atom is 0.306 e. The molecule has 0 fully saturated rings. The van der Waals surface area contributed by atoms with Crippen molar-refractivity contribution in [1.29, 1.82) is 0 Å². The molecule has 6 nitrogen and oxygen atoms in total. The lowest BCUT2D eigenvalue weighted by atomic mass is 10.1. The summed E-state index contributed by atoms with van der Waals surface area (Å²) in [6, 6.07) is 0. The molecule has 0 aromatic carbocycles. The Bertz CT molecular complexity index is 1530. The molecular formula is C64H102O6. The van der Waals surface area contributed by atoms with Crippen molar-refractivity contribution in [3.05, 3.63) is 134 Å². The van der Waals surface area contributed by atoms with Crippen LogP contribution in [-0.2, 0) is 28.6 Å². The molecule has 394 valence electrons. The second-order valence-electron chi connectivity index (χ2n) is 18.1. The fourth-order valence-electron chi connectivity index (χ4n) is 7.24. The third-order valence-corrected chi connectivity index (χ3v) is 11.4. The summed E-state index contributed by atoms with van der Waals surface area (Å²) in [5.41, 5.74) is 0. The van der Waals surface area contributed by atoms with Crippen molar-refractivity contribution in [3.63, 3.8) is 0 Å². The van der Waals surface area contributed by atoms with E-state index in [-0.39, 0.29) is 37.5 Å². The summed E-state index contributed by atoms with van der Waals surface area (Å²) in [6.07, 6.45) is 80.4. The number of rotatable bonds is 49. The van der Waals surface area contributed by atoms with Gasteiger partial charge in [-0.25, -0.2) is 0 Å². The number of esters is 3. The van der Waals surface area contributed by atoms with Gasteiger partial charge in [0, 0.05) is 19.3 Å². The Kier molecular flexibility index (Phi) is 53.5. The lowest BCUT2D eigenvalue weighted by Crippen LogP contribution is -2.30. The average Bonchev–Trinajstić information content (AvgIpc) is 3.36. The van der Waals surface area contributed by atoms with Gasteiger partial charge in [-0.2, -0.15) is 0 Å². The molecular weight excluding hydrogens is 865 g/mol. The van der Waals surface area contributed by atoms with Crippen molar-refractivity contribution in [2.75, 3.05) is 13.2 Å². The average molecular weight is 968 g/mol. The maximum absolute atomic E-state index is 12.8. The maximum atomic E-state index is 12.8. The van der Waals surface area contributed by atoms with E-state index < -0.39 is 6.10 Å². The van der Waals surface area contributed by atoms with Crippen LogP contribution in [0.25, 0.3) is 0 Å². The molecule has 0 radical (unpaired) electrons. The Morgan fingerprint density at radius 3 is 0.886 bits per heavy atom. The van der Waals surface area contributed by atoms with Gasteiger partial charge in [0.15, 0.2) is 6.10 Å². The van der Waals surface area contributed by atoms with Gasteiger partial charge in [0.25, 0.3) is 0 Å². The van der Waals surface area contributed by atoms with Crippen molar-refractivity contribution in [2.24, 2.45) is 0 Å². The van der Waals surface area contributed by atoms with E-state index in [1.807, 2.05) is 0 Å². The highest BCUT2D eigenvalue weighted by Gasteiger charge is 2.19. The lowest BCUT2D eigenvalue weighted by molar-refractivity contribution is -0.167. The van der Waals surface area contributed by atoms with E-state index in [2.05, 4.69) is 154 Å². The predicted molar refractivity (Wildman–Crippen MR) is 302 cm³/mol. The van der Waals surface area contributed by atoms with Crippen LogP contribution >= 0.6 is 0 Å². The minimum absolute atomic E-state index is 0.0973. The van der Waals surface area contributed by atoms with Crippen molar-refractivity contribution in [1.82, 2.24) is 0 Å². The number of carbonyl (C=O) groups excluding carboxylic acids is 3. The van der Waals surface area contributed by atoms with Crippen LogP contribution in [0.3, 0.4) is 0 Å². The van der Waals surface area contributed by atoms with E-state index >= 15 is 0 Å². The fraction of sp³-hybridized carbons (Fsp3) is 0.609. The number of ether oxygens (including phenoxy) is 3. The van der Waals surface area contributed by atoms with Gasteiger partial charge in [0.05, 0.1) is 0 Å². The van der Waals surface area contributed by atoms with Crippen LogP contribution in [0.5, 0.6) is 0 Å². The van der Waals surface area contributed by atoms with Crippen LogP contribution in [0.1, 0.15) is 233 Å². The molecule has 70 heavy (non-hydrogen) atoms. The Labute approximate surface area is 430 Å². The second kappa shape index (κ2) is 57.1. The Balaban J connectivity index is 4.24. The summed E-state index contributed by atoms with van der Waals surface area (Å²) in [4.78, 5) is 37.9. The van der Waals surface area contributed by atoms with E-state index in [0.717, 1.165) is 148 Å². The minimum atomic E-state index is -0.800. The van der Waals surface area contributed by atoms with Gasteiger partial charge >= 0.3 is 17.9 Å². The molecule has 1 unspecified atom stereocenters. The molecule has 0 rings (SSSR count). The molecule has 0 spiro atoms. The Hall–Kier alpha value is -4.45. The van der Waals surface area contributed by atoms with Crippen LogP contribution in [0.4, 0.5) is 0 Å². The van der Waals surface area contributed by atoms with Crippen LogP contribution in [-0.4, -0.2) is 37.2 Å². The van der Waals surface area contributed by atoms with Gasteiger partial charge < -0.3 is 14.2 Å². The molecule has 6 heteroatoms. The highest BCUT2D eigenvalue weighted by molar-refractivity contribution is 5.71. The van der Waals surface area contributed by atoms with Crippen molar-refractivity contribution < 1.29 is 28.6 Å². The van der Waals surface area contributed by atoms with Crippen molar-refractivity contribution >= 4 is 17.9 Å². The molecule has 0 aliphatic carbocycles. The molecule has 0 N–H and O–H groups in total. The zero-order valence-electron chi connectivity index (χ0n) is 45.0. The lowest BCUT2D eigenvalue weighted by Gasteiger charge is -2.18. The molecule has 0 saturated carbocycles. The van der Waals surface area contributed by atoms with Gasteiger partial charge in [0.2, 0.25) is 0 Å². The second-order valence-corrected chi connectivity index (χ2v) is 18.1. The molecule has 0 aliphatic rings. The van der Waals surface area contributed by atoms with E-state index in [1.165, 1.54) is 44.9 Å².